The lowest BCUT2D eigenvalue weighted by atomic mass is 10.3. The van der Waals surface area contributed by atoms with E-state index in [1.807, 2.05) is 32.5 Å². The molecular weight excluding hydrogens is 214 g/mol. The highest BCUT2D eigenvalue weighted by atomic mass is 32.2. The number of nitrogens with one attached hydrogen (secondary N) is 1. The zero-order chi connectivity index (χ0) is 10.6. The molecule has 0 aromatic rings. The van der Waals surface area contributed by atoms with Gasteiger partial charge in [0.05, 0.1) is 0 Å². The van der Waals surface area contributed by atoms with Gasteiger partial charge in [-0.15, -0.1) is 0 Å². The van der Waals surface area contributed by atoms with E-state index in [4.69, 9.17) is 0 Å². The van der Waals surface area contributed by atoms with Gasteiger partial charge < -0.3 is 5.32 Å². The number of hydrogen-bond donors (Lipinski definition) is 1. The van der Waals surface area contributed by atoms with Crippen LogP contribution in [0.1, 0.15) is 27.2 Å². The fourth-order valence-electron chi connectivity index (χ4n) is 1.36. The predicted molar refractivity (Wildman–Crippen MR) is 66.5 cm³/mol. The average molecular weight is 235 g/mol. The third kappa shape index (κ3) is 4.32. The lowest BCUT2D eigenvalue weighted by Crippen LogP contribution is -2.35. The Hall–Kier alpha value is 0.460. The van der Waals surface area contributed by atoms with Crippen LogP contribution in [0.2, 0.25) is 0 Å². The summed E-state index contributed by atoms with van der Waals surface area (Å²) in [5, 5.41) is 3.47. The molecule has 0 amide bonds. The van der Waals surface area contributed by atoms with Crippen LogP contribution in [0.3, 0.4) is 0 Å². The second-order valence-corrected chi connectivity index (χ2v) is 8.15. The molecule has 1 N–H and O–H groups in total. The van der Waals surface area contributed by atoms with Crippen molar-refractivity contribution in [3.05, 3.63) is 0 Å². The monoisotopic (exact) mass is 235 g/mol. The highest BCUT2D eigenvalue weighted by molar-refractivity contribution is 7.99. The van der Waals surface area contributed by atoms with Gasteiger partial charge in [-0.1, -0.05) is 0 Å². The summed E-state index contributed by atoms with van der Waals surface area (Å²) >= 11 is 2.01. The second kappa shape index (κ2) is 5.52. The Kier molecular flexibility index (Phi) is 4.94. The minimum absolute atomic E-state index is 0.0634. The zero-order valence-corrected chi connectivity index (χ0v) is 11.0. The van der Waals surface area contributed by atoms with Crippen molar-refractivity contribution in [1.82, 2.24) is 5.32 Å². The lowest BCUT2D eigenvalue weighted by molar-refractivity contribution is 0.574. The molecule has 1 fully saturated rings. The van der Waals surface area contributed by atoms with E-state index in [2.05, 4.69) is 5.32 Å². The Morgan fingerprint density at radius 1 is 1.50 bits per heavy atom. The molecule has 2 unspecified atom stereocenters. The van der Waals surface area contributed by atoms with E-state index in [1.54, 1.807) is 0 Å². The average Bonchev–Trinajstić information content (AvgIpc) is 2.55. The smallest absolute Gasteiger partial charge is 0.0375 e. The van der Waals surface area contributed by atoms with Gasteiger partial charge in [0, 0.05) is 39.6 Å². The van der Waals surface area contributed by atoms with Gasteiger partial charge in [0.1, 0.15) is 0 Å². The molecule has 0 aromatic carbocycles. The maximum atomic E-state index is 11.7. The van der Waals surface area contributed by atoms with Gasteiger partial charge in [0.25, 0.3) is 0 Å². The Bertz CT molecular complexity index is 195. The van der Waals surface area contributed by atoms with E-state index in [1.165, 1.54) is 17.9 Å². The van der Waals surface area contributed by atoms with Crippen LogP contribution in [0.5, 0.6) is 0 Å². The highest BCUT2D eigenvalue weighted by Crippen LogP contribution is 2.17. The number of rotatable bonds is 4. The van der Waals surface area contributed by atoms with Gasteiger partial charge in [-0.05, 0) is 32.9 Å². The largest absolute Gasteiger partial charge is 0.312 e. The third-order valence-electron chi connectivity index (χ3n) is 2.33. The molecule has 1 heterocycles. The topological polar surface area (TPSA) is 29.1 Å². The standard InChI is InChI=1S/C10H21NOS2/c1-10(2,3)14(12)7-5-11-9-4-6-13-8-9/h9,11H,4-8H2,1-3H3. The van der Waals surface area contributed by atoms with E-state index >= 15 is 0 Å². The summed E-state index contributed by atoms with van der Waals surface area (Å²) in [6, 6.07) is 0.664. The van der Waals surface area contributed by atoms with Crippen LogP contribution in [0.4, 0.5) is 0 Å². The summed E-state index contributed by atoms with van der Waals surface area (Å²) in [7, 11) is -0.707. The molecular formula is C10H21NOS2. The molecule has 84 valence electrons. The Morgan fingerprint density at radius 2 is 2.21 bits per heavy atom. The minimum Gasteiger partial charge on any atom is -0.312 e. The summed E-state index contributed by atoms with van der Waals surface area (Å²) in [5.41, 5.74) is 0. The van der Waals surface area contributed by atoms with Crippen molar-refractivity contribution in [3.63, 3.8) is 0 Å². The Balaban J connectivity index is 2.11. The van der Waals surface area contributed by atoms with Gasteiger partial charge in [0.2, 0.25) is 0 Å². The summed E-state index contributed by atoms with van der Waals surface area (Å²) in [5.74, 6) is 3.28. The van der Waals surface area contributed by atoms with Gasteiger partial charge in [0.15, 0.2) is 0 Å². The van der Waals surface area contributed by atoms with Crippen molar-refractivity contribution in [1.29, 1.82) is 0 Å². The fraction of sp³-hybridized carbons (Fsp3) is 1.00. The summed E-state index contributed by atoms with van der Waals surface area (Å²) in [6.07, 6.45) is 1.27. The molecule has 1 rings (SSSR count). The molecule has 0 saturated carbocycles. The van der Waals surface area contributed by atoms with Crippen molar-refractivity contribution < 1.29 is 4.21 Å². The molecule has 0 aromatic heterocycles. The molecule has 1 aliphatic heterocycles. The first-order chi connectivity index (χ1) is 6.50. The first-order valence-electron chi connectivity index (χ1n) is 5.20. The van der Waals surface area contributed by atoms with Crippen LogP contribution < -0.4 is 5.32 Å². The van der Waals surface area contributed by atoms with Gasteiger partial charge in [-0.2, -0.15) is 11.8 Å². The van der Waals surface area contributed by atoms with Crippen molar-refractivity contribution in [2.75, 3.05) is 23.8 Å². The molecule has 0 bridgehead atoms. The summed E-state index contributed by atoms with van der Waals surface area (Å²) in [6.45, 7) is 7.01. The highest BCUT2D eigenvalue weighted by Gasteiger charge is 2.20. The normalized spacial score (nSPS) is 25.2. The van der Waals surface area contributed by atoms with Crippen LogP contribution in [0, 0.1) is 0 Å². The first-order valence-corrected chi connectivity index (χ1v) is 7.67. The van der Waals surface area contributed by atoms with Crippen LogP contribution in [-0.2, 0) is 10.8 Å². The number of hydrogen-bond acceptors (Lipinski definition) is 3. The van der Waals surface area contributed by atoms with E-state index in [0.717, 1.165) is 12.3 Å². The Labute approximate surface area is 94.1 Å². The lowest BCUT2D eigenvalue weighted by Gasteiger charge is -2.18. The molecule has 14 heavy (non-hydrogen) atoms. The molecule has 2 atom stereocenters. The predicted octanol–water partition coefficient (Wildman–Crippen LogP) is 1.63. The fourth-order valence-corrected chi connectivity index (χ4v) is 3.46. The minimum atomic E-state index is -0.707. The zero-order valence-electron chi connectivity index (χ0n) is 9.34. The summed E-state index contributed by atoms with van der Waals surface area (Å²) in [4.78, 5) is 0. The molecule has 0 aliphatic carbocycles. The first kappa shape index (κ1) is 12.5. The molecule has 2 nitrogen and oxygen atoms in total. The van der Waals surface area contributed by atoms with E-state index in [9.17, 15) is 4.21 Å². The van der Waals surface area contributed by atoms with E-state index in [-0.39, 0.29) is 4.75 Å². The maximum absolute atomic E-state index is 11.7. The second-order valence-electron chi connectivity index (χ2n) is 4.68. The van der Waals surface area contributed by atoms with Crippen LogP contribution >= 0.6 is 11.8 Å². The van der Waals surface area contributed by atoms with Crippen LogP contribution in [-0.4, -0.2) is 38.8 Å². The van der Waals surface area contributed by atoms with E-state index < -0.39 is 10.8 Å². The van der Waals surface area contributed by atoms with Gasteiger partial charge in [-0.25, -0.2) is 0 Å². The van der Waals surface area contributed by atoms with Crippen LogP contribution in [0.25, 0.3) is 0 Å². The van der Waals surface area contributed by atoms with Crippen LogP contribution in [0.15, 0.2) is 0 Å². The Morgan fingerprint density at radius 3 is 2.71 bits per heavy atom. The quantitative estimate of drug-likeness (QED) is 0.803. The van der Waals surface area contributed by atoms with Gasteiger partial charge in [-0.3, -0.25) is 4.21 Å². The molecule has 4 heteroatoms. The van der Waals surface area contributed by atoms with E-state index in [0.29, 0.717) is 6.04 Å². The molecule has 0 spiro atoms. The van der Waals surface area contributed by atoms with Crippen molar-refractivity contribution in [3.8, 4) is 0 Å². The van der Waals surface area contributed by atoms with Gasteiger partial charge >= 0.3 is 0 Å². The van der Waals surface area contributed by atoms with Crippen molar-refractivity contribution in [2.45, 2.75) is 38.0 Å². The third-order valence-corrected chi connectivity index (χ3v) is 5.44. The maximum Gasteiger partial charge on any atom is 0.0375 e. The van der Waals surface area contributed by atoms with Crippen molar-refractivity contribution >= 4 is 22.6 Å². The number of thioether (sulfide) groups is 1. The SMILES string of the molecule is CC(C)(C)S(=O)CCNC1CCSC1. The summed E-state index contributed by atoms with van der Waals surface area (Å²) < 4.78 is 11.6. The molecule has 1 aliphatic rings. The molecule has 0 radical (unpaired) electrons. The molecule has 1 saturated heterocycles. The van der Waals surface area contributed by atoms with Crippen molar-refractivity contribution in [2.24, 2.45) is 0 Å².